The summed E-state index contributed by atoms with van der Waals surface area (Å²) in [4.78, 5) is 6.54. The average molecular weight is 242 g/mol. The largest absolute Gasteiger partial charge is 0.497 e. The molecule has 3 heteroatoms. The van der Waals surface area contributed by atoms with Crippen LogP contribution in [-0.2, 0) is 0 Å². The molecule has 0 aliphatic carbocycles. The molecule has 1 aromatic heterocycles. The highest BCUT2D eigenvalue weighted by molar-refractivity contribution is 5.66. The molecule has 1 heterocycles. The SMILES string of the molecule is COc1ccc(-c2ccc(N(C)C)cn2)c(C)c1. The Morgan fingerprint density at radius 3 is 2.39 bits per heavy atom. The zero-order valence-electron chi connectivity index (χ0n) is 11.3. The molecular formula is C15H18N2O. The van der Waals surface area contributed by atoms with Crippen molar-refractivity contribution in [2.45, 2.75) is 6.92 Å². The molecule has 0 N–H and O–H groups in total. The molecule has 0 atom stereocenters. The van der Waals surface area contributed by atoms with E-state index in [1.165, 1.54) is 5.56 Å². The van der Waals surface area contributed by atoms with Crippen molar-refractivity contribution < 1.29 is 4.74 Å². The minimum Gasteiger partial charge on any atom is -0.497 e. The fraction of sp³-hybridized carbons (Fsp3) is 0.267. The van der Waals surface area contributed by atoms with Gasteiger partial charge in [-0.15, -0.1) is 0 Å². The number of nitrogens with zero attached hydrogens (tertiary/aromatic N) is 2. The van der Waals surface area contributed by atoms with Crippen LogP contribution in [0.1, 0.15) is 5.56 Å². The predicted molar refractivity (Wildman–Crippen MR) is 75.3 cm³/mol. The van der Waals surface area contributed by atoms with E-state index in [2.05, 4.69) is 18.0 Å². The van der Waals surface area contributed by atoms with Crippen LogP contribution in [-0.4, -0.2) is 26.2 Å². The summed E-state index contributed by atoms with van der Waals surface area (Å²) in [5.41, 5.74) is 4.39. The number of methoxy groups -OCH3 is 1. The molecule has 0 saturated carbocycles. The van der Waals surface area contributed by atoms with Crippen molar-refractivity contribution in [3.63, 3.8) is 0 Å². The number of ether oxygens (including phenoxy) is 1. The second-order valence-corrected chi connectivity index (χ2v) is 4.48. The van der Waals surface area contributed by atoms with Gasteiger partial charge in [-0.25, -0.2) is 0 Å². The predicted octanol–water partition coefficient (Wildman–Crippen LogP) is 3.13. The molecule has 0 fully saturated rings. The van der Waals surface area contributed by atoms with E-state index in [-0.39, 0.29) is 0 Å². The summed E-state index contributed by atoms with van der Waals surface area (Å²) in [6, 6.07) is 10.2. The monoisotopic (exact) mass is 242 g/mol. The third-order valence-electron chi connectivity index (χ3n) is 2.97. The molecule has 0 unspecified atom stereocenters. The minimum atomic E-state index is 0.876. The number of benzene rings is 1. The summed E-state index contributed by atoms with van der Waals surface area (Å²) in [6.45, 7) is 2.07. The Morgan fingerprint density at radius 1 is 1.11 bits per heavy atom. The van der Waals surface area contributed by atoms with Gasteiger partial charge in [-0.05, 0) is 42.8 Å². The summed E-state index contributed by atoms with van der Waals surface area (Å²) in [5, 5.41) is 0. The Bertz CT molecular complexity index is 533. The second-order valence-electron chi connectivity index (χ2n) is 4.48. The third kappa shape index (κ3) is 2.45. The third-order valence-corrected chi connectivity index (χ3v) is 2.97. The molecular weight excluding hydrogens is 224 g/mol. The van der Waals surface area contributed by atoms with Crippen LogP contribution in [0.2, 0.25) is 0 Å². The quantitative estimate of drug-likeness (QED) is 0.826. The standard InChI is InChI=1S/C15H18N2O/c1-11-9-13(18-4)6-7-14(11)15-8-5-12(10-16-15)17(2)3/h5-10H,1-4H3. The maximum Gasteiger partial charge on any atom is 0.119 e. The van der Waals surface area contributed by atoms with Gasteiger partial charge in [0, 0.05) is 19.7 Å². The molecule has 0 bridgehead atoms. The smallest absolute Gasteiger partial charge is 0.119 e. The molecule has 2 aromatic rings. The van der Waals surface area contributed by atoms with E-state index in [1.54, 1.807) is 7.11 Å². The van der Waals surface area contributed by atoms with Crippen LogP contribution in [0.15, 0.2) is 36.5 Å². The van der Waals surface area contributed by atoms with Crippen molar-refractivity contribution in [3.05, 3.63) is 42.1 Å². The van der Waals surface area contributed by atoms with Gasteiger partial charge in [0.25, 0.3) is 0 Å². The molecule has 0 spiro atoms. The van der Waals surface area contributed by atoms with Crippen LogP contribution >= 0.6 is 0 Å². The van der Waals surface area contributed by atoms with Crippen LogP contribution in [0, 0.1) is 6.92 Å². The number of hydrogen-bond acceptors (Lipinski definition) is 3. The van der Waals surface area contributed by atoms with Crippen molar-refractivity contribution >= 4 is 5.69 Å². The lowest BCUT2D eigenvalue weighted by atomic mass is 10.0. The number of rotatable bonds is 3. The second kappa shape index (κ2) is 5.08. The van der Waals surface area contributed by atoms with Crippen LogP contribution < -0.4 is 9.64 Å². The Balaban J connectivity index is 2.36. The Morgan fingerprint density at radius 2 is 1.89 bits per heavy atom. The van der Waals surface area contributed by atoms with Gasteiger partial charge in [-0.3, -0.25) is 4.98 Å². The molecule has 0 saturated heterocycles. The molecule has 1 aromatic carbocycles. The van der Waals surface area contributed by atoms with Crippen LogP contribution in [0.5, 0.6) is 5.75 Å². The van der Waals surface area contributed by atoms with E-state index < -0.39 is 0 Å². The minimum absolute atomic E-state index is 0.876. The zero-order valence-corrected chi connectivity index (χ0v) is 11.3. The van der Waals surface area contributed by atoms with Crippen molar-refractivity contribution in [2.24, 2.45) is 0 Å². The first-order chi connectivity index (χ1) is 8.61. The topological polar surface area (TPSA) is 25.4 Å². The van der Waals surface area contributed by atoms with E-state index >= 15 is 0 Å². The molecule has 0 radical (unpaired) electrons. The molecule has 18 heavy (non-hydrogen) atoms. The van der Waals surface area contributed by atoms with E-state index in [0.717, 1.165) is 22.7 Å². The van der Waals surface area contributed by atoms with Gasteiger partial charge < -0.3 is 9.64 Å². The summed E-state index contributed by atoms with van der Waals surface area (Å²) in [6.07, 6.45) is 1.89. The summed E-state index contributed by atoms with van der Waals surface area (Å²) in [7, 11) is 5.70. The fourth-order valence-corrected chi connectivity index (χ4v) is 1.86. The number of aryl methyl sites for hydroxylation is 1. The van der Waals surface area contributed by atoms with Crippen LogP contribution in [0.4, 0.5) is 5.69 Å². The van der Waals surface area contributed by atoms with Gasteiger partial charge in [0.15, 0.2) is 0 Å². The fourth-order valence-electron chi connectivity index (χ4n) is 1.86. The van der Waals surface area contributed by atoms with Gasteiger partial charge in [0.05, 0.1) is 24.7 Å². The number of anilines is 1. The first-order valence-corrected chi connectivity index (χ1v) is 5.90. The summed E-state index contributed by atoms with van der Waals surface area (Å²) in [5.74, 6) is 0.876. The highest BCUT2D eigenvalue weighted by Gasteiger charge is 2.05. The van der Waals surface area contributed by atoms with E-state index in [9.17, 15) is 0 Å². The number of aromatic nitrogens is 1. The number of pyridine rings is 1. The normalized spacial score (nSPS) is 10.2. The first-order valence-electron chi connectivity index (χ1n) is 5.90. The van der Waals surface area contributed by atoms with Gasteiger partial charge in [-0.2, -0.15) is 0 Å². The van der Waals surface area contributed by atoms with Crippen LogP contribution in [0.25, 0.3) is 11.3 Å². The van der Waals surface area contributed by atoms with Crippen molar-refractivity contribution in [1.82, 2.24) is 4.98 Å². The summed E-state index contributed by atoms with van der Waals surface area (Å²) < 4.78 is 5.21. The van der Waals surface area contributed by atoms with E-state index in [1.807, 2.05) is 49.5 Å². The maximum absolute atomic E-state index is 5.21. The molecule has 94 valence electrons. The van der Waals surface area contributed by atoms with Gasteiger partial charge in [0.2, 0.25) is 0 Å². The lowest BCUT2D eigenvalue weighted by molar-refractivity contribution is 0.414. The van der Waals surface area contributed by atoms with E-state index in [4.69, 9.17) is 4.74 Å². The van der Waals surface area contributed by atoms with Crippen molar-refractivity contribution in [3.8, 4) is 17.0 Å². The van der Waals surface area contributed by atoms with Gasteiger partial charge in [-0.1, -0.05) is 0 Å². The molecule has 0 amide bonds. The summed E-state index contributed by atoms with van der Waals surface area (Å²) >= 11 is 0. The van der Waals surface area contributed by atoms with Gasteiger partial charge >= 0.3 is 0 Å². The first kappa shape index (κ1) is 12.4. The number of hydrogen-bond donors (Lipinski definition) is 0. The van der Waals surface area contributed by atoms with E-state index in [0.29, 0.717) is 0 Å². The lowest BCUT2D eigenvalue weighted by Crippen LogP contribution is -2.08. The average Bonchev–Trinajstić information content (AvgIpc) is 2.38. The highest BCUT2D eigenvalue weighted by Crippen LogP contribution is 2.26. The maximum atomic E-state index is 5.21. The molecule has 2 rings (SSSR count). The Labute approximate surface area is 108 Å². The van der Waals surface area contributed by atoms with Crippen molar-refractivity contribution in [2.75, 3.05) is 26.1 Å². The highest BCUT2D eigenvalue weighted by atomic mass is 16.5. The van der Waals surface area contributed by atoms with Crippen molar-refractivity contribution in [1.29, 1.82) is 0 Å². The lowest BCUT2D eigenvalue weighted by Gasteiger charge is -2.13. The molecule has 0 aliphatic rings. The molecule has 3 nitrogen and oxygen atoms in total. The zero-order chi connectivity index (χ0) is 13.1. The van der Waals surface area contributed by atoms with Crippen LogP contribution in [0.3, 0.4) is 0 Å². The Kier molecular flexibility index (Phi) is 3.51. The Hall–Kier alpha value is -2.03. The van der Waals surface area contributed by atoms with Gasteiger partial charge in [0.1, 0.15) is 5.75 Å². The molecule has 0 aliphatic heterocycles.